The summed E-state index contributed by atoms with van der Waals surface area (Å²) in [7, 11) is 0. The van der Waals surface area contributed by atoms with Gasteiger partial charge in [0.2, 0.25) is 0 Å². The van der Waals surface area contributed by atoms with Gasteiger partial charge in [-0.15, -0.1) is 0 Å². The van der Waals surface area contributed by atoms with Crippen LogP contribution in [0, 0.1) is 20.8 Å². The van der Waals surface area contributed by atoms with Crippen LogP contribution in [0.15, 0.2) is 40.9 Å². The normalized spacial score (nSPS) is 15.7. The Kier molecular flexibility index (Phi) is 6.96. The number of aromatic nitrogens is 3. The number of nitrogens with zero attached hydrogens (tertiary/aromatic N) is 4. The second-order valence-corrected chi connectivity index (χ2v) is 10.0. The van der Waals surface area contributed by atoms with Crippen LogP contribution in [0.5, 0.6) is 0 Å². The summed E-state index contributed by atoms with van der Waals surface area (Å²) < 4.78 is 13.4. The first kappa shape index (κ1) is 24.0. The summed E-state index contributed by atoms with van der Waals surface area (Å²) in [6, 6.07) is 13.3. The smallest absolute Gasteiger partial charge is 0.141 e. The van der Waals surface area contributed by atoms with Gasteiger partial charge in [0.05, 0.1) is 29.9 Å². The van der Waals surface area contributed by atoms with E-state index in [-0.39, 0.29) is 0 Å². The van der Waals surface area contributed by atoms with E-state index in [1.54, 1.807) is 0 Å². The first-order chi connectivity index (χ1) is 16.9. The molecule has 2 aromatic heterocycles. The molecule has 35 heavy (non-hydrogen) atoms. The van der Waals surface area contributed by atoms with Crippen LogP contribution in [0.1, 0.15) is 35.3 Å². The zero-order valence-corrected chi connectivity index (χ0v) is 21.7. The van der Waals surface area contributed by atoms with E-state index in [2.05, 4.69) is 57.9 Å². The van der Waals surface area contributed by atoms with Crippen molar-refractivity contribution in [2.45, 2.75) is 53.1 Å². The molecule has 0 N–H and O–H groups in total. The minimum atomic E-state index is 0.395. The first-order valence-corrected chi connectivity index (χ1v) is 12.8. The number of fused-ring (bicyclic) bond motifs is 1. The van der Waals surface area contributed by atoms with Crippen molar-refractivity contribution in [3.05, 3.63) is 69.8 Å². The average molecular weight is 493 g/mol. The van der Waals surface area contributed by atoms with Crippen LogP contribution in [-0.4, -0.2) is 52.0 Å². The van der Waals surface area contributed by atoms with Gasteiger partial charge >= 0.3 is 0 Å². The van der Waals surface area contributed by atoms with E-state index in [0.29, 0.717) is 6.04 Å². The van der Waals surface area contributed by atoms with Crippen molar-refractivity contribution in [1.82, 2.24) is 19.6 Å². The number of rotatable bonds is 7. The van der Waals surface area contributed by atoms with Crippen molar-refractivity contribution < 1.29 is 9.26 Å². The molecule has 1 aliphatic heterocycles. The Hall–Kier alpha value is -2.67. The highest BCUT2D eigenvalue weighted by Gasteiger charge is 2.21. The molecule has 2 aromatic carbocycles. The molecule has 1 unspecified atom stereocenters. The van der Waals surface area contributed by atoms with Gasteiger partial charge in [-0.3, -0.25) is 4.90 Å². The maximum Gasteiger partial charge on any atom is 0.141 e. The van der Waals surface area contributed by atoms with Crippen molar-refractivity contribution in [3.63, 3.8) is 0 Å². The van der Waals surface area contributed by atoms with Gasteiger partial charge in [-0.2, -0.15) is 0 Å². The molecule has 4 aromatic rings. The maximum atomic E-state index is 6.39. The van der Waals surface area contributed by atoms with Gasteiger partial charge in [0.25, 0.3) is 0 Å². The molecule has 1 fully saturated rings. The number of halogens is 1. The Labute approximate surface area is 211 Å². The zero-order valence-electron chi connectivity index (χ0n) is 21.0. The van der Waals surface area contributed by atoms with Crippen molar-refractivity contribution in [1.29, 1.82) is 0 Å². The van der Waals surface area contributed by atoms with Gasteiger partial charge in [0.1, 0.15) is 11.6 Å². The molecule has 1 aliphatic rings. The second kappa shape index (κ2) is 10.1. The van der Waals surface area contributed by atoms with Gasteiger partial charge in [-0.25, -0.2) is 4.98 Å². The predicted octanol–water partition coefficient (Wildman–Crippen LogP) is 5.78. The van der Waals surface area contributed by atoms with E-state index >= 15 is 0 Å². The number of morpholine rings is 1. The summed E-state index contributed by atoms with van der Waals surface area (Å²) in [4.78, 5) is 7.64. The molecule has 5 rings (SSSR count). The number of hydrogen-bond donors (Lipinski definition) is 0. The molecule has 0 amide bonds. The summed E-state index contributed by atoms with van der Waals surface area (Å²) in [5.41, 5.74) is 7.56. The summed E-state index contributed by atoms with van der Waals surface area (Å²) in [6.45, 7) is 12.7. The summed E-state index contributed by atoms with van der Waals surface area (Å²) in [5, 5.41) is 4.96. The lowest BCUT2D eigenvalue weighted by Gasteiger charge is -2.32. The standard InChI is InChI=1S/C28H33ClN4O2/c1-18-5-6-22(15-24(18)29)7-10-27-30-25-16-23(28-20(3)31-35-21(28)4)8-9-26(25)33(27)17-19(2)32-11-13-34-14-12-32/h5-6,8-9,15-16,19H,7,10-14,17H2,1-4H3. The Morgan fingerprint density at radius 2 is 1.83 bits per heavy atom. The number of ether oxygens (including phenoxy) is 1. The van der Waals surface area contributed by atoms with Crippen molar-refractivity contribution >= 4 is 22.6 Å². The van der Waals surface area contributed by atoms with Crippen molar-refractivity contribution in [2.75, 3.05) is 26.3 Å². The number of imidazole rings is 1. The molecule has 1 saturated heterocycles. The van der Waals surface area contributed by atoms with E-state index < -0.39 is 0 Å². The molecule has 184 valence electrons. The fourth-order valence-corrected chi connectivity index (χ4v) is 5.27. The number of benzene rings is 2. The van der Waals surface area contributed by atoms with E-state index in [4.69, 9.17) is 25.8 Å². The largest absolute Gasteiger partial charge is 0.379 e. The first-order valence-electron chi connectivity index (χ1n) is 12.4. The van der Waals surface area contributed by atoms with Gasteiger partial charge in [-0.05, 0) is 69.0 Å². The van der Waals surface area contributed by atoms with Crippen LogP contribution in [-0.2, 0) is 24.1 Å². The van der Waals surface area contributed by atoms with Gasteiger partial charge in [-0.1, -0.05) is 35.0 Å². The minimum absolute atomic E-state index is 0.395. The topological polar surface area (TPSA) is 56.3 Å². The molecule has 3 heterocycles. The third-order valence-electron chi connectivity index (χ3n) is 7.14. The SMILES string of the molecule is Cc1ccc(CCc2nc3cc(-c4c(C)noc4C)ccc3n2CC(C)N2CCOCC2)cc1Cl. The van der Waals surface area contributed by atoms with Crippen LogP contribution in [0.2, 0.25) is 5.02 Å². The van der Waals surface area contributed by atoms with Crippen molar-refractivity contribution in [3.8, 4) is 11.1 Å². The highest BCUT2D eigenvalue weighted by molar-refractivity contribution is 6.31. The predicted molar refractivity (Wildman–Crippen MR) is 140 cm³/mol. The molecule has 0 bridgehead atoms. The van der Waals surface area contributed by atoms with Crippen LogP contribution in [0.3, 0.4) is 0 Å². The lowest BCUT2D eigenvalue weighted by Crippen LogP contribution is -2.44. The molecule has 0 aliphatic carbocycles. The van der Waals surface area contributed by atoms with Crippen LogP contribution in [0.25, 0.3) is 22.2 Å². The molecular weight excluding hydrogens is 460 g/mol. The Bertz CT molecular complexity index is 1320. The summed E-state index contributed by atoms with van der Waals surface area (Å²) in [5.74, 6) is 1.94. The fraction of sp³-hybridized carbons (Fsp3) is 0.429. The highest BCUT2D eigenvalue weighted by Crippen LogP contribution is 2.30. The molecule has 1 atom stereocenters. The Morgan fingerprint density at radius 3 is 2.54 bits per heavy atom. The summed E-state index contributed by atoms with van der Waals surface area (Å²) >= 11 is 6.39. The van der Waals surface area contributed by atoms with Crippen LogP contribution < -0.4 is 0 Å². The van der Waals surface area contributed by atoms with Crippen LogP contribution in [0.4, 0.5) is 0 Å². The minimum Gasteiger partial charge on any atom is -0.379 e. The molecule has 0 radical (unpaired) electrons. The second-order valence-electron chi connectivity index (χ2n) is 9.62. The van der Waals surface area contributed by atoms with E-state index in [9.17, 15) is 0 Å². The zero-order chi connectivity index (χ0) is 24.5. The number of hydrogen-bond acceptors (Lipinski definition) is 5. The molecule has 7 heteroatoms. The van der Waals surface area contributed by atoms with Crippen molar-refractivity contribution in [2.24, 2.45) is 0 Å². The fourth-order valence-electron chi connectivity index (χ4n) is 5.07. The Morgan fingerprint density at radius 1 is 1.03 bits per heavy atom. The van der Waals surface area contributed by atoms with E-state index in [1.807, 2.05) is 20.8 Å². The van der Waals surface area contributed by atoms with Gasteiger partial charge < -0.3 is 13.8 Å². The van der Waals surface area contributed by atoms with Gasteiger partial charge in [0, 0.05) is 42.7 Å². The number of aryl methyl sites for hydroxylation is 5. The average Bonchev–Trinajstić information content (AvgIpc) is 3.38. The molecular formula is C28H33ClN4O2. The third kappa shape index (κ3) is 5.01. The molecule has 6 nitrogen and oxygen atoms in total. The third-order valence-corrected chi connectivity index (χ3v) is 7.55. The van der Waals surface area contributed by atoms with Gasteiger partial charge in [0.15, 0.2) is 0 Å². The van der Waals surface area contributed by atoms with E-state index in [0.717, 1.165) is 95.7 Å². The van der Waals surface area contributed by atoms with E-state index in [1.165, 1.54) is 5.56 Å². The molecule has 0 saturated carbocycles. The highest BCUT2D eigenvalue weighted by atomic mass is 35.5. The molecule has 0 spiro atoms. The monoisotopic (exact) mass is 492 g/mol. The van der Waals surface area contributed by atoms with Crippen LogP contribution >= 0.6 is 11.6 Å². The lowest BCUT2D eigenvalue weighted by molar-refractivity contribution is 0.0170. The maximum absolute atomic E-state index is 6.39. The Balaban J connectivity index is 1.49. The lowest BCUT2D eigenvalue weighted by atomic mass is 10.0. The summed E-state index contributed by atoms with van der Waals surface area (Å²) in [6.07, 6.45) is 1.75. The quantitative estimate of drug-likeness (QED) is 0.327.